The van der Waals surface area contributed by atoms with Crippen molar-refractivity contribution in [2.45, 2.75) is 79.6 Å². The lowest BCUT2D eigenvalue weighted by molar-refractivity contribution is -0.147. The van der Waals surface area contributed by atoms with Crippen LogP contribution in [0.15, 0.2) is 54.6 Å². The zero-order chi connectivity index (χ0) is 26.7. The molecule has 1 N–H and O–H groups in total. The fraction of sp³-hybridized carbons (Fsp3) is 0.464. The third-order valence-electron chi connectivity index (χ3n) is 3.87. The first-order valence-corrected chi connectivity index (χ1v) is 12.0. The first-order chi connectivity index (χ1) is 16.7. The maximum atomic E-state index is 12.7. The molecular formula is C28H40N2O5. The summed E-state index contributed by atoms with van der Waals surface area (Å²) in [4.78, 5) is 24.9. The summed E-state index contributed by atoms with van der Waals surface area (Å²) in [6.45, 7) is 13.5. The molecule has 7 heteroatoms. The molecule has 7 nitrogen and oxygen atoms in total. The maximum absolute atomic E-state index is 12.7. The molecule has 1 atom stereocenters. The van der Waals surface area contributed by atoms with E-state index >= 15 is 0 Å². The highest BCUT2D eigenvalue weighted by Gasteiger charge is 2.26. The molecule has 192 valence electrons. The number of nitrogens with one attached hydrogen (secondary N) is 1. The molecule has 0 saturated heterocycles. The average Bonchev–Trinajstić information content (AvgIpc) is 2.83. The quantitative estimate of drug-likeness (QED) is 0.447. The zero-order valence-electron chi connectivity index (χ0n) is 22.1. The molecule has 35 heavy (non-hydrogen) atoms. The van der Waals surface area contributed by atoms with E-state index in [2.05, 4.69) is 19.2 Å². The van der Waals surface area contributed by atoms with Gasteiger partial charge in [0.15, 0.2) is 6.61 Å². The molecule has 0 radical (unpaired) electrons. The van der Waals surface area contributed by atoms with E-state index in [-0.39, 0.29) is 19.6 Å². The van der Waals surface area contributed by atoms with Gasteiger partial charge in [-0.05, 0) is 44.0 Å². The smallest absolute Gasteiger partial charge is 0.408 e. The summed E-state index contributed by atoms with van der Waals surface area (Å²) in [5.74, 6) is -0.0156. The Kier molecular flexibility index (Phi) is 16.1. The minimum atomic E-state index is -0.922. The van der Waals surface area contributed by atoms with Crippen molar-refractivity contribution in [2.75, 3.05) is 6.61 Å². The first kappa shape index (κ1) is 31.5. The van der Waals surface area contributed by atoms with Crippen LogP contribution in [0.1, 0.15) is 66.0 Å². The third-order valence-corrected chi connectivity index (χ3v) is 3.87. The van der Waals surface area contributed by atoms with Gasteiger partial charge in [0.25, 0.3) is 0 Å². The topological polar surface area (TPSA) is 97.6 Å². The SMILES string of the molecule is CC.CC(C)(C)OC(=O)NC(Cc1ccc(OCC#N)cc1)C(=O)OCc1ccccc1.CCC. The molecule has 0 aliphatic heterocycles. The average molecular weight is 485 g/mol. The summed E-state index contributed by atoms with van der Waals surface area (Å²) in [7, 11) is 0. The lowest BCUT2D eigenvalue weighted by Crippen LogP contribution is -2.45. The maximum Gasteiger partial charge on any atom is 0.408 e. The van der Waals surface area contributed by atoms with Crippen LogP contribution in [-0.2, 0) is 27.3 Å². The fourth-order valence-electron chi connectivity index (χ4n) is 2.55. The summed E-state index contributed by atoms with van der Waals surface area (Å²) in [6.07, 6.45) is 0.768. The number of amides is 1. The molecule has 0 saturated carbocycles. The van der Waals surface area contributed by atoms with E-state index < -0.39 is 23.7 Å². The zero-order valence-corrected chi connectivity index (χ0v) is 22.1. The molecule has 0 heterocycles. The van der Waals surface area contributed by atoms with Gasteiger partial charge < -0.3 is 19.5 Å². The number of esters is 1. The number of rotatable bonds is 8. The summed E-state index contributed by atoms with van der Waals surface area (Å²) in [5, 5.41) is 11.2. The van der Waals surface area contributed by atoms with Crippen LogP contribution in [0.25, 0.3) is 0 Å². The molecule has 0 aliphatic carbocycles. The summed E-state index contributed by atoms with van der Waals surface area (Å²) in [5.41, 5.74) is 0.945. The second-order valence-corrected chi connectivity index (χ2v) is 8.29. The van der Waals surface area contributed by atoms with Gasteiger partial charge in [0.1, 0.15) is 30.1 Å². The number of benzene rings is 2. The number of nitriles is 1. The Morgan fingerprint density at radius 3 is 2.06 bits per heavy atom. The Morgan fingerprint density at radius 1 is 0.971 bits per heavy atom. The highest BCUT2D eigenvalue weighted by molar-refractivity contribution is 5.81. The number of hydrogen-bond donors (Lipinski definition) is 1. The number of ether oxygens (including phenoxy) is 3. The van der Waals surface area contributed by atoms with Gasteiger partial charge in [-0.15, -0.1) is 0 Å². The summed E-state index contributed by atoms with van der Waals surface area (Å²) >= 11 is 0. The summed E-state index contributed by atoms with van der Waals surface area (Å²) in [6, 6.07) is 17.2. The molecule has 2 aromatic carbocycles. The van der Waals surface area contributed by atoms with E-state index in [0.717, 1.165) is 11.1 Å². The van der Waals surface area contributed by atoms with Crippen LogP contribution in [-0.4, -0.2) is 30.3 Å². The van der Waals surface area contributed by atoms with Crippen LogP contribution in [0.4, 0.5) is 4.79 Å². The van der Waals surface area contributed by atoms with Crippen LogP contribution < -0.4 is 10.1 Å². The van der Waals surface area contributed by atoms with Crippen molar-refractivity contribution in [2.24, 2.45) is 0 Å². The standard InChI is InChI=1S/C23H26N2O5.C3H8.C2H6/c1-23(2,3)30-22(27)25-20(21(26)29-16-18-7-5-4-6-8-18)15-17-9-11-19(12-10-17)28-14-13-24;1-3-2;1-2/h4-12,20H,14-16H2,1-3H3,(H,25,27);3H2,1-2H3;1-2H3. The minimum absolute atomic E-state index is 0.0476. The monoisotopic (exact) mass is 484 g/mol. The van der Waals surface area contributed by atoms with Gasteiger partial charge in [-0.2, -0.15) is 5.26 Å². The Labute approximate surface area is 210 Å². The number of carbonyl (C=O) groups is 2. The number of carbonyl (C=O) groups excluding carboxylic acids is 2. The van der Waals surface area contributed by atoms with Crippen molar-refractivity contribution >= 4 is 12.1 Å². The lowest BCUT2D eigenvalue weighted by Gasteiger charge is -2.23. The van der Waals surface area contributed by atoms with Crippen LogP contribution >= 0.6 is 0 Å². The highest BCUT2D eigenvalue weighted by atomic mass is 16.6. The van der Waals surface area contributed by atoms with Gasteiger partial charge in [-0.1, -0.05) is 76.6 Å². The second kappa shape index (κ2) is 17.9. The highest BCUT2D eigenvalue weighted by Crippen LogP contribution is 2.15. The van der Waals surface area contributed by atoms with Gasteiger partial charge in [0.2, 0.25) is 0 Å². The lowest BCUT2D eigenvalue weighted by atomic mass is 10.1. The van der Waals surface area contributed by atoms with E-state index in [1.165, 1.54) is 6.42 Å². The van der Waals surface area contributed by atoms with E-state index in [1.807, 2.05) is 50.2 Å². The van der Waals surface area contributed by atoms with Crippen molar-refractivity contribution in [3.8, 4) is 11.8 Å². The molecule has 0 fully saturated rings. The molecular weight excluding hydrogens is 444 g/mol. The first-order valence-electron chi connectivity index (χ1n) is 12.0. The van der Waals surface area contributed by atoms with Crippen molar-refractivity contribution in [3.63, 3.8) is 0 Å². The Balaban J connectivity index is 0.00000214. The van der Waals surface area contributed by atoms with Gasteiger partial charge >= 0.3 is 12.1 Å². The largest absolute Gasteiger partial charge is 0.479 e. The molecule has 1 unspecified atom stereocenters. The number of hydrogen-bond acceptors (Lipinski definition) is 6. The van der Waals surface area contributed by atoms with Gasteiger partial charge in [0.05, 0.1) is 0 Å². The minimum Gasteiger partial charge on any atom is -0.479 e. The number of nitrogens with zero attached hydrogens (tertiary/aromatic N) is 1. The van der Waals surface area contributed by atoms with Crippen molar-refractivity contribution < 1.29 is 23.8 Å². The molecule has 0 aliphatic rings. The van der Waals surface area contributed by atoms with E-state index in [1.54, 1.807) is 45.0 Å². The third kappa shape index (κ3) is 15.1. The molecule has 2 aromatic rings. The van der Waals surface area contributed by atoms with Gasteiger partial charge in [0, 0.05) is 6.42 Å². The van der Waals surface area contributed by atoms with Crippen LogP contribution in [0.2, 0.25) is 0 Å². The van der Waals surface area contributed by atoms with E-state index in [9.17, 15) is 9.59 Å². The second-order valence-electron chi connectivity index (χ2n) is 8.29. The van der Waals surface area contributed by atoms with Crippen LogP contribution in [0.3, 0.4) is 0 Å². The summed E-state index contributed by atoms with van der Waals surface area (Å²) < 4.78 is 15.9. The van der Waals surface area contributed by atoms with Gasteiger partial charge in [-0.25, -0.2) is 9.59 Å². The van der Waals surface area contributed by atoms with Crippen molar-refractivity contribution in [1.82, 2.24) is 5.32 Å². The Morgan fingerprint density at radius 2 is 1.54 bits per heavy atom. The molecule has 2 rings (SSSR count). The van der Waals surface area contributed by atoms with E-state index in [4.69, 9.17) is 19.5 Å². The van der Waals surface area contributed by atoms with Crippen molar-refractivity contribution in [1.29, 1.82) is 5.26 Å². The Bertz CT molecular complexity index is 884. The van der Waals surface area contributed by atoms with Crippen molar-refractivity contribution in [3.05, 3.63) is 65.7 Å². The van der Waals surface area contributed by atoms with Crippen LogP contribution in [0, 0.1) is 11.3 Å². The van der Waals surface area contributed by atoms with Gasteiger partial charge in [-0.3, -0.25) is 0 Å². The van der Waals surface area contributed by atoms with E-state index in [0.29, 0.717) is 5.75 Å². The number of alkyl carbamates (subject to hydrolysis) is 1. The predicted octanol–water partition coefficient (Wildman–Crippen LogP) is 6.21. The molecule has 1 amide bonds. The molecule has 0 spiro atoms. The Hall–Kier alpha value is -3.53. The molecule has 0 bridgehead atoms. The molecule has 0 aromatic heterocycles. The fourth-order valence-corrected chi connectivity index (χ4v) is 2.55. The normalized spacial score (nSPS) is 10.7. The van der Waals surface area contributed by atoms with Crippen LogP contribution in [0.5, 0.6) is 5.75 Å². The predicted molar refractivity (Wildman–Crippen MR) is 138 cm³/mol.